The molecule has 0 aliphatic heterocycles. The number of hydrogen-bond acceptors (Lipinski definition) is 4. The van der Waals surface area contributed by atoms with E-state index in [1.54, 1.807) is 25.3 Å². The Labute approximate surface area is 156 Å². The van der Waals surface area contributed by atoms with Crippen LogP contribution < -0.4 is 14.9 Å². The van der Waals surface area contributed by atoms with Crippen LogP contribution in [0.25, 0.3) is 0 Å². The number of hydrogen-bond donors (Lipinski definition) is 1. The third-order valence-corrected chi connectivity index (χ3v) is 3.75. The first-order valence-electron chi connectivity index (χ1n) is 8.24. The molecule has 0 saturated carbocycles. The summed E-state index contributed by atoms with van der Waals surface area (Å²) in [6, 6.07) is 18.4. The second kappa shape index (κ2) is 8.80. The lowest BCUT2D eigenvalue weighted by atomic mass is 10.2. The van der Waals surface area contributed by atoms with Gasteiger partial charge in [-0.25, -0.2) is 8.78 Å². The molecule has 6 heteroatoms. The highest BCUT2D eigenvalue weighted by Crippen LogP contribution is 2.28. The van der Waals surface area contributed by atoms with Crippen LogP contribution in [0.1, 0.15) is 11.1 Å². The molecular formula is C21H18F2N2O2. The van der Waals surface area contributed by atoms with Gasteiger partial charge in [0, 0.05) is 6.07 Å². The first-order valence-corrected chi connectivity index (χ1v) is 8.24. The van der Waals surface area contributed by atoms with Gasteiger partial charge in [0.05, 0.1) is 19.0 Å². The van der Waals surface area contributed by atoms with Crippen LogP contribution in [0.4, 0.5) is 14.5 Å². The van der Waals surface area contributed by atoms with Gasteiger partial charge in [-0.15, -0.1) is 0 Å². The maximum Gasteiger partial charge on any atom is 0.161 e. The fourth-order valence-electron chi connectivity index (χ4n) is 2.38. The van der Waals surface area contributed by atoms with E-state index < -0.39 is 11.6 Å². The number of nitrogens with zero attached hydrogens (tertiary/aromatic N) is 1. The maximum atomic E-state index is 13.6. The van der Waals surface area contributed by atoms with E-state index in [1.807, 2.05) is 30.3 Å². The zero-order valence-electron chi connectivity index (χ0n) is 14.7. The quantitative estimate of drug-likeness (QED) is 0.471. The Bertz CT molecular complexity index is 931. The number of rotatable bonds is 7. The average molecular weight is 368 g/mol. The molecule has 0 bridgehead atoms. The first kappa shape index (κ1) is 18.4. The van der Waals surface area contributed by atoms with E-state index in [1.165, 1.54) is 12.3 Å². The van der Waals surface area contributed by atoms with Crippen LogP contribution in [0.15, 0.2) is 71.8 Å². The zero-order valence-corrected chi connectivity index (χ0v) is 14.7. The van der Waals surface area contributed by atoms with Gasteiger partial charge >= 0.3 is 0 Å². The Morgan fingerprint density at radius 2 is 1.78 bits per heavy atom. The van der Waals surface area contributed by atoms with Crippen molar-refractivity contribution in [3.63, 3.8) is 0 Å². The van der Waals surface area contributed by atoms with Crippen LogP contribution in [-0.4, -0.2) is 13.3 Å². The van der Waals surface area contributed by atoms with Crippen molar-refractivity contribution in [1.29, 1.82) is 0 Å². The minimum absolute atomic E-state index is 0.0856. The Balaban J connectivity index is 1.66. The number of halogens is 2. The summed E-state index contributed by atoms with van der Waals surface area (Å²) >= 11 is 0. The normalized spacial score (nSPS) is 10.8. The van der Waals surface area contributed by atoms with E-state index in [9.17, 15) is 8.78 Å². The number of ether oxygens (including phenoxy) is 2. The predicted octanol–water partition coefficient (Wildman–Crippen LogP) is 5.00. The van der Waals surface area contributed by atoms with Crippen molar-refractivity contribution < 1.29 is 18.3 Å². The molecule has 138 valence electrons. The molecule has 0 aromatic heterocycles. The molecule has 0 radical (unpaired) electrons. The van der Waals surface area contributed by atoms with E-state index in [0.29, 0.717) is 18.1 Å². The molecule has 0 amide bonds. The molecule has 3 aromatic carbocycles. The largest absolute Gasteiger partial charge is 0.493 e. The lowest BCUT2D eigenvalue weighted by Gasteiger charge is -2.11. The fourth-order valence-corrected chi connectivity index (χ4v) is 2.38. The van der Waals surface area contributed by atoms with Gasteiger partial charge in [0.2, 0.25) is 0 Å². The first-order chi connectivity index (χ1) is 13.2. The summed E-state index contributed by atoms with van der Waals surface area (Å²) in [5.41, 5.74) is 4.41. The molecule has 0 heterocycles. The van der Waals surface area contributed by atoms with Gasteiger partial charge in [-0.1, -0.05) is 30.3 Å². The second-order valence-electron chi connectivity index (χ2n) is 5.68. The SMILES string of the molecule is COc1cc(C=NNc2ccc(F)cc2F)ccc1OCc1ccccc1. The summed E-state index contributed by atoms with van der Waals surface area (Å²) < 4.78 is 37.6. The van der Waals surface area contributed by atoms with E-state index in [0.717, 1.165) is 23.3 Å². The molecule has 0 atom stereocenters. The Hall–Kier alpha value is -3.41. The van der Waals surface area contributed by atoms with E-state index in [2.05, 4.69) is 10.5 Å². The molecule has 0 unspecified atom stereocenters. The summed E-state index contributed by atoms with van der Waals surface area (Å²) in [6.45, 7) is 0.427. The van der Waals surface area contributed by atoms with E-state index >= 15 is 0 Å². The third-order valence-electron chi connectivity index (χ3n) is 3.75. The molecule has 0 aliphatic carbocycles. The van der Waals surface area contributed by atoms with E-state index in [4.69, 9.17) is 9.47 Å². The van der Waals surface area contributed by atoms with Crippen molar-refractivity contribution in [2.24, 2.45) is 5.10 Å². The van der Waals surface area contributed by atoms with Crippen LogP contribution >= 0.6 is 0 Å². The Morgan fingerprint density at radius 3 is 2.52 bits per heavy atom. The molecule has 27 heavy (non-hydrogen) atoms. The lowest BCUT2D eigenvalue weighted by Crippen LogP contribution is -1.99. The summed E-state index contributed by atoms with van der Waals surface area (Å²) in [5, 5.41) is 3.97. The molecule has 0 aliphatic rings. The third kappa shape index (κ3) is 5.04. The van der Waals surface area contributed by atoms with Crippen molar-refractivity contribution in [2.45, 2.75) is 6.61 Å². The van der Waals surface area contributed by atoms with Crippen molar-refractivity contribution in [3.8, 4) is 11.5 Å². The molecule has 0 saturated heterocycles. The standard InChI is InChI=1S/C21H18F2N2O2/c1-26-21-11-16(13-24-25-19-9-8-17(22)12-18(19)23)7-10-20(21)27-14-15-5-3-2-4-6-15/h2-13,25H,14H2,1H3. The van der Waals surface area contributed by atoms with Gasteiger partial charge < -0.3 is 9.47 Å². The molecule has 1 N–H and O–H groups in total. The Morgan fingerprint density at radius 1 is 0.963 bits per heavy atom. The summed E-state index contributed by atoms with van der Waals surface area (Å²) in [4.78, 5) is 0. The lowest BCUT2D eigenvalue weighted by molar-refractivity contribution is 0.284. The van der Waals surface area contributed by atoms with Crippen molar-refractivity contribution in [3.05, 3.63) is 89.5 Å². The second-order valence-corrected chi connectivity index (χ2v) is 5.68. The molecular weight excluding hydrogens is 350 g/mol. The molecule has 4 nitrogen and oxygen atoms in total. The highest BCUT2D eigenvalue weighted by atomic mass is 19.1. The number of hydrazone groups is 1. The van der Waals surface area contributed by atoms with Crippen molar-refractivity contribution in [1.82, 2.24) is 0 Å². The van der Waals surface area contributed by atoms with Crippen LogP contribution in [0.3, 0.4) is 0 Å². The monoisotopic (exact) mass is 368 g/mol. The van der Waals surface area contributed by atoms with Gasteiger partial charge in [0.1, 0.15) is 12.4 Å². The molecule has 3 rings (SSSR count). The number of methoxy groups -OCH3 is 1. The fraction of sp³-hybridized carbons (Fsp3) is 0.0952. The number of anilines is 1. The Kier molecular flexibility index (Phi) is 5.99. The van der Waals surface area contributed by atoms with Crippen molar-refractivity contribution in [2.75, 3.05) is 12.5 Å². The topological polar surface area (TPSA) is 42.8 Å². The molecule has 0 spiro atoms. The maximum absolute atomic E-state index is 13.6. The summed E-state index contributed by atoms with van der Waals surface area (Å²) in [6.07, 6.45) is 1.51. The van der Waals surface area contributed by atoms with Crippen LogP contribution in [0.2, 0.25) is 0 Å². The number of nitrogens with one attached hydrogen (secondary N) is 1. The van der Waals surface area contributed by atoms with Gasteiger partial charge in [0.25, 0.3) is 0 Å². The smallest absolute Gasteiger partial charge is 0.161 e. The predicted molar refractivity (Wildman–Crippen MR) is 101 cm³/mol. The van der Waals surface area contributed by atoms with E-state index in [-0.39, 0.29) is 5.69 Å². The molecule has 0 fully saturated rings. The minimum Gasteiger partial charge on any atom is -0.493 e. The average Bonchev–Trinajstić information content (AvgIpc) is 2.69. The van der Waals surface area contributed by atoms with Crippen molar-refractivity contribution >= 4 is 11.9 Å². The molecule has 3 aromatic rings. The highest BCUT2D eigenvalue weighted by molar-refractivity contribution is 5.81. The summed E-state index contributed by atoms with van der Waals surface area (Å²) in [7, 11) is 1.55. The highest BCUT2D eigenvalue weighted by Gasteiger charge is 2.06. The van der Waals surface area contributed by atoms with Gasteiger partial charge in [-0.2, -0.15) is 5.10 Å². The number of benzene rings is 3. The van der Waals surface area contributed by atoms with Crippen LogP contribution in [-0.2, 0) is 6.61 Å². The zero-order chi connectivity index (χ0) is 19.1. The van der Waals surface area contributed by atoms with Gasteiger partial charge in [0.15, 0.2) is 17.3 Å². The summed E-state index contributed by atoms with van der Waals surface area (Å²) in [5.74, 6) is -0.189. The van der Waals surface area contributed by atoms with Gasteiger partial charge in [-0.05, 0) is 41.5 Å². The minimum atomic E-state index is -0.714. The van der Waals surface area contributed by atoms with Crippen LogP contribution in [0, 0.1) is 11.6 Å². The van der Waals surface area contributed by atoms with Gasteiger partial charge in [-0.3, -0.25) is 5.43 Å². The van der Waals surface area contributed by atoms with Crippen LogP contribution in [0.5, 0.6) is 11.5 Å².